The molecule has 0 saturated carbocycles. The summed E-state index contributed by atoms with van der Waals surface area (Å²) in [5, 5.41) is 9.54. The maximum atomic E-state index is 10.8. The summed E-state index contributed by atoms with van der Waals surface area (Å²) in [4.78, 5) is 10.8. The van der Waals surface area contributed by atoms with Gasteiger partial charge >= 0.3 is 5.97 Å². The van der Waals surface area contributed by atoms with Gasteiger partial charge in [-0.25, -0.2) is 4.79 Å². The lowest BCUT2D eigenvalue weighted by Crippen LogP contribution is -1.93. The third-order valence-corrected chi connectivity index (χ3v) is 2.42. The fourth-order valence-corrected chi connectivity index (χ4v) is 1.45. The summed E-state index contributed by atoms with van der Waals surface area (Å²) in [6, 6.07) is 3.70. The predicted octanol–water partition coefficient (Wildman–Crippen LogP) is 2.75. The third-order valence-electron chi connectivity index (χ3n) is 2.42. The minimum atomic E-state index is -0.952. The lowest BCUT2D eigenvalue weighted by atomic mass is 10.1. The zero-order valence-electron chi connectivity index (χ0n) is 8.00. The van der Waals surface area contributed by atoms with Crippen LogP contribution in [0.15, 0.2) is 22.8 Å². The SMILES string of the molecule is Cc1cc2occ(C(=O)O)c2cc1C. The second-order valence-electron chi connectivity index (χ2n) is 3.39. The Kier molecular flexibility index (Phi) is 1.81. The molecule has 14 heavy (non-hydrogen) atoms. The summed E-state index contributed by atoms with van der Waals surface area (Å²) < 4.78 is 5.17. The van der Waals surface area contributed by atoms with Crippen LogP contribution >= 0.6 is 0 Å². The normalized spacial score (nSPS) is 10.7. The van der Waals surface area contributed by atoms with E-state index in [0.29, 0.717) is 11.0 Å². The highest BCUT2D eigenvalue weighted by atomic mass is 16.4. The fraction of sp³-hybridized carbons (Fsp3) is 0.182. The van der Waals surface area contributed by atoms with E-state index < -0.39 is 5.97 Å². The topological polar surface area (TPSA) is 50.4 Å². The molecule has 0 atom stereocenters. The highest BCUT2D eigenvalue weighted by Gasteiger charge is 2.12. The number of benzene rings is 1. The molecule has 0 fully saturated rings. The number of carboxylic acid groups (broad SMARTS) is 1. The highest BCUT2D eigenvalue weighted by Crippen LogP contribution is 2.24. The molecule has 0 unspecified atom stereocenters. The van der Waals surface area contributed by atoms with Gasteiger partial charge in [-0.05, 0) is 37.1 Å². The number of hydrogen-bond donors (Lipinski definition) is 1. The Labute approximate surface area is 81.0 Å². The monoisotopic (exact) mass is 190 g/mol. The van der Waals surface area contributed by atoms with E-state index in [1.165, 1.54) is 6.26 Å². The van der Waals surface area contributed by atoms with Crippen molar-refractivity contribution in [2.24, 2.45) is 0 Å². The predicted molar refractivity (Wildman–Crippen MR) is 52.6 cm³/mol. The summed E-state index contributed by atoms with van der Waals surface area (Å²) in [6.45, 7) is 3.92. The molecule has 0 amide bonds. The lowest BCUT2D eigenvalue weighted by Gasteiger charge is -1.98. The van der Waals surface area contributed by atoms with E-state index >= 15 is 0 Å². The van der Waals surface area contributed by atoms with Crippen molar-refractivity contribution in [3.8, 4) is 0 Å². The van der Waals surface area contributed by atoms with Crippen LogP contribution in [0, 0.1) is 13.8 Å². The number of rotatable bonds is 1. The van der Waals surface area contributed by atoms with Gasteiger partial charge in [-0.15, -0.1) is 0 Å². The number of carbonyl (C=O) groups is 1. The van der Waals surface area contributed by atoms with Crippen molar-refractivity contribution in [1.29, 1.82) is 0 Å². The van der Waals surface area contributed by atoms with E-state index in [1.807, 2.05) is 26.0 Å². The molecule has 3 heteroatoms. The second kappa shape index (κ2) is 2.87. The van der Waals surface area contributed by atoms with Gasteiger partial charge in [-0.3, -0.25) is 0 Å². The van der Waals surface area contributed by atoms with Crippen molar-refractivity contribution >= 4 is 16.9 Å². The molecule has 1 heterocycles. The first-order chi connectivity index (χ1) is 6.59. The largest absolute Gasteiger partial charge is 0.478 e. The molecule has 0 spiro atoms. The van der Waals surface area contributed by atoms with E-state index in [-0.39, 0.29) is 5.56 Å². The van der Waals surface area contributed by atoms with E-state index in [0.717, 1.165) is 11.1 Å². The zero-order valence-corrected chi connectivity index (χ0v) is 8.00. The molecule has 2 aromatic rings. The number of carboxylic acids is 1. The van der Waals surface area contributed by atoms with Gasteiger partial charge in [0.15, 0.2) is 0 Å². The van der Waals surface area contributed by atoms with Gasteiger partial charge < -0.3 is 9.52 Å². The van der Waals surface area contributed by atoms with Crippen molar-refractivity contribution in [3.05, 3.63) is 35.1 Å². The number of aryl methyl sites for hydroxylation is 2. The van der Waals surface area contributed by atoms with Crippen molar-refractivity contribution in [2.45, 2.75) is 13.8 Å². The highest BCUT2D eigenvalue weighted by molar-refractivity contribution is 6.02. The van der Waals surface area contributed by atoms with Crippen LogP contribution in [0.1, 0.15) is 21.5 Å². The summed E-state index contributed by atoms with van der Waals surface area (Å²) in [7, 11) is 0. The molecule has 0 radical (unpaired) electrons. The fourth-order valence-electron chi connectivity index (χ4n) is 1.45. The molecule has 0 aliphatic carbocycles. The Bertz CT molecular complexity index is 508. The average Bonchev–Trinajstić information content (AvgIpc) is 2.48. The maximum absolute atomic E-state index is 10.8. The summed E-state index contributed by atoms with van der Waals surface area (Å²) in [5.74, 6) is -0.952. The van der Waals surface area contributed by atoms with Crippen LogP contribution in [-0.4, -0.2) is 11.1 Å². The summed E-state index contributed by atoms with van der Waals surface area (Å²) in [6.07, 6.45) is 1.28. The molecule has 0 saturated heterocycles. The van der Waals surface area contributed by atoms with Gasteiger partial charge in [0.1, 0.15) is 17.4 Å². The molecule has 72 valence electrons. The van der Waals surface area contributed by atoms with Crippen molar-refractivity contribution in [2.75, 3.05) is 0 Å². The van der Waals surface area contributed by atoms with Crippen molar-refractivity contribution in [3.63, 3.8) is 0 Å². The van der Waals surface area contributed by atoms with Gasteiger partial charge in [-0.2, -0.15) is 0 Å². The van der Waals surface area contributed by atoms with Crippen LogP contribution in [0.4, 0.5) is 0 Å². The first-order valence-corrected chi connectivity index (χ1v) is 4.31. The van der Waals surface area contributed by atoms with Crippen LogP contribution in [0.3, 0.4) is 0 Å². The van der Waals surface area contributed by atoms with Crippen molar-refractivity contribution in [1.82, 2.24) is 0 Å². The van der Waals surface area contributed by atoms with Gasteiger partial charge in [0.25, 0.3) is 0 Å². The first-order valence-electron chi connectivity index (χ1n) is 4.31. The Morgan fingerprint density at radius 2 is 1.93 bits per heavy atom. The van der Waals surface area contributed by atoms with Crippen LogP contribution in [0.2, 0.25) is 0 Å². The summed E-state index contributed by atoms with van der Waals surface area (Å²) >= 11 is 0. The molecule has 1 aromatic carbocycles. The molecule has 0 aliphatic rings. The molecule has 2 rings (SSSR count). The van der Waals surface area contributed by atoms with E-state index in [2.05, 4.69) is 0 Å². The summed E-state index contributed by atoms with van der Waals surface area (Å²) in [5.41, 5.74) is 3.03. The molecule has 0 aliphatic heterocycles. The number of hydrogen-bond acceptors (Lipinski definition) is 2. The minimum Gasteiger partial charge on any atom is -0.478 e. The third kappa shape index (κ3) is 1.18. The van der Waals surface area contributed by atoms with Crippen LogP contribution in [-0.2, 0) is 0 Å². The standard InChI is InChI=1S/C11H10O3/c1-6-3-8-9(11(12)13)5-14-10(8)4-7(6)2/h3-5H,1-2H3,(H,12,13). The molecular weight excluding hydrogens is 180 g/mol. The molecule has 1 aromatic heterocycles. The van der Waals surface area contributed by atoms with Gasteiger partial charge in [-0.1, -0.05) is 0 Å². The van der Waals surface area contributed by atoms with E-state index in [4.69, 9.17) is 9.52 Å². The Hall–Kier alpha value is -1.77. The quantitative estimate of drug-likeness (QED) is 0.752. The minimum absolute atomic E-state index is 0.225. The second-order valence-corrected chi connectivity index (χ2v) is 3.39. The molecule has 3 nitrogen and oxygen atoms in total. The lowest BCUT2D eigenvalue weighted by molar-refractivity contribution is 0.0698. The smallest absolute Gasteiger partial charge is 0.339 e. The molecular formula is C11H10O3. The average molecular weight is 190 g/mol. The number of fused-ring (bicyclic) bond motifs is 1. The van der Waals surface area contributed by atoms with Crippen molar-refractivity contribution < 1.29 is 14.3 Å². The van der Waals surface area contributed by atoms with Gasteiger partial charge in [0.05, 0.1) is 0 Å². The van der Waals surface area contributed by atoms with Crippen LogP contribution in [0.5, 0.6) is 0 Å². The van der Waals surface area contributed by atoms with E-state index in [9.17, 15) is 4.79 Å². The van der Waals surface area contributed by atoms with Crippen LogP contribution in [0.25, 0.3) is 11.0 Å². The van der Waals surface area contributed by atoms with E-state index in [1.54, 1.807) is 0 Å². The first kappa shape index (κ1) is 8.81. The maximum Gasteiger partial charge on any atom is 0.339 e. The number of furan rings is 1. The molecule has 0 bridgehead atoms. The number of aromatic carboxylic acids is 1. The zero-order chi connectivity index (χ0) is 10.3. The van der Waals surface area contributed by atoms with Gasteiger partial charge in [0, 0.05) is 5.39 Å². The Balaban J connectivity index is 2.80. The molecule has 1 N–H and O–H groups in total. The van der Waals surface area contributed by atoms with Gasteiger partial charge in [0.2, 0.25) is 0 Å². The Morgan fingerprint density at radius 3 is 2.57 bits per heavy atom. The Morgan fingerprint density at radius 1 is 1.29 bits per heavy atom. The van der Waals surface area contributed by atoms with Crippen LogP contribution < -0.4 is 0 Å².